The van der Waals surface area contributed by atoms with Crippen LogP contribution in [0, 0.1) is 0 Å². The molecular formula is C18H32N4O6. The molecule has 0 aliphatic carbocycles. The van der Waals surface area contributed by atoms with E-state index in [0.29, 0.717) is 32.7 Å². The highest BCUT2D eigenvalue weighted by molar-refractivity contribution is 5.75. The van der Waals surface area contributed by atoms with Crippen LogP contribution in [0.1, 0.15) is 13.8 Å². The molecule has 0 N–H and O–H groups in total. The number of carbonyl (C=O) groups is 3. The maximum atomic E-state index is 12.3. The molecule has 2 unspecified atom stereocenters. The maximum absolute atomic E-state index is 12.3. The molecule has 10 nitrogen and oxygen atoms in total. The number of esters is 3. The molecule has 0 radical (unpaired) electrons. The van der Waals surface area contributed by atoms with Gasteiger partial charge in [0, 0.05) is 39.3 Å². The number of ether oxygens (including phenoxy) is 3. The minimum absolute atomic E-state index is 0.0155. The van der Waals surface area contributed by atoms with Crippen molar-refractivity contribution in [2.75, 3.05) is 79.0 Å². The van der Waals surface area contributed by atoms with Gasteiger partial charge in [-0.25, -0.2) is 0 Å². The molecule has 0 saturated carbocycles. The molecule has 2 bridgehead atoms. The smallest absolute Gasteiger partial charge is 0.389 e. The first kappa shape index (κ1) is 22.5. The van der Waals surface area contributed by atoms with Crippen molar-refractivity contribution in [2.24, 2.45) is 0 Å². The summed E-state index contributed by atoms with van der Waals surface area (Å²) >= 11 is 0. The average Bonchev–Trinajstić information content (AvgIpc) is 2.65. The van der Waals surface area contributed by atoms with E-state index in [0.717, 1.165) is 19.6 Å². The molecule has 28 heavy (non-hydrogen) atoms. The largest absolute Gasteiger partial charge is 0.412 e. The number of nitrogens with zero attached hydrogens (tertiary/aromatic N) is 4. The second-order valence-corrected chi connectivity index (χ2v) is 7.08. The first-order chi connectivity index (χ1) is 13.4. The Morgan fingerprint density at radius 2 is 1.21 bits per heavy atom. The van der Waals surface area contributed by atoms with Gasteiger partial charge in [0.1, 0.15) is 0 Å². The summed E-state index contributed by atoms with van der Waals surface area (Å²) in [5.74, 6) is -1.81. The highest BCUT2D eigenvalue weighted by atomic mass is 16.9. The van der Waals surface area contributed by atoms with E-state index in [-0.39, 0.29) is 19.6 Å². The van der Waals surface area contributed by atoms with Gasteiger partial charge in [-0.2, -0.15) is 0 Å². The molecule has 2 aliphatic rings. The van der Waals surface area contributed by atoms with Gasteiger partial charge in [0.2, 0.25) is 0 Å². The van der Waals surface area contributed by atoms with Crippen molar-refractivity contribution < 1.29 is 28.6 Å². The number of rotatable bonds is 2. The van der Waals surface area contributed by atoms with E-state index in [9.17, 15) is 14.4 Å². The zero-order valence-electron chi connectivity index (χ0n) is 17.1. The van der Waals surface area contributed by atoms with Gasteiger partial charge in [0.25, 0.3) is 0 Å². The van der Waals surface area contributed by atoms with Crippen molar-refractivity contribution in [3.8, 4) is 0 Å². The summed E-state index contributed by atoms with van der Waals surface area (Å²) in [6.45, 7) is 8.28. The second-order valence-electron chi connectivity index (χ2n) is 7.08. The molecule has 0 amide bonds. The third-order valence-electron chi connectivity index (χ3n) is 4.94. The van der Waals surface area contributed by atoms with Crippen molar-refractivity contribution in [2.45, 2.75) is 20.3 Å². The quantitative estimate of drug-likeness (QED) is 0.527. The van der Waals surface area contributed by atoms with Crippen LogP contribution in [0.25, 0.3) is 0 Å². The van der Waals surface area contributed by atoms with Crippen molar-refractivity contribution in [3.05, 3.63) is 0 Å². The van der Waals surface area contributed by atoms with Crippen LogP contribution < -0.4 is 0 Å². The van der Waals surface area contributed by atoms with Crippen LogP contribution in [0.4, 0.5) is 0 Å². The first-order valence-electron chi connectivity index (χ1n) is 9.83. The Bertz CT molecular complexity index is 546. The Kier molecular flexibility index (Phi) is 9.10. The van der Waals surface area contributed by atoms with Crippen molar-refractivity contribution in [3.63, 3.8) is 0 Å². The predicted octanol–water partition coefficient (Wildman–Crippen LogP) is -1.20. The van der Waals surface area contributed by atoms with E-state index < -0.39 is 24.4 Å². The van der Waals surface area contributed by atoms with Crippen LogP contribution >= 0.6 is 0 Å². The summed E-state index contributed by atoms with van der Waals surface area (Å²) < 4.78 is 15.4. The molecular weight excluding hydrogens is 368 g/mol. The number of fused-ring (bicyclic) bond motifs is 4. The Morgan fingerprint density at radius 3 is 1.86 bits per heavy atom. The fraction of sp³-hybridized carbons (Fsp3) is 0.833. The number of hydrogen-bond acceptors (Lipinski definition) is 10. The minimum Gasteiger partial charge on any atom is -0.389 e. The normalized spacial score (nSPS) is 28.2. The number of carbonyl (C=O) groups excluding carboxylic acids is 3. The van der Waals surface area contributed by atoms with Gasteiger partial charge in [-0.1, -0.05) is 13.8 Å². The molecule has 160 valence electrons. The molecule has 2 rings (SSSR count). The van der Waals surface area contributed by atoms with Crippen molar-refractivity contribution >= 4 is 17.9 Å². The molecule has 10 heteroatoms. The lowest BCUT2D eigenvalue weighted by Gasteiger charge is -2.29. The second kappa shape index (κ2) is 11.3. The lowest BCUT2D eigenvalue weighted by atomic mass is 10.3. The van der Waals surface area contributed by atoms with E-state index in [1.807, 2.05) is 16.7 Å². The van der Waals surface area contributed by atoms with Gasteiger partial charge in [0.05, 0.1) is 19.6 Å². The number of likely N-dealkylation sites (N-methyl/N-ethyl adjacent to an activating group) is 3. The summed E-state index contributed by atoms with van der Waals surface area (Å²) in [7, 11) is 1.80. The third-order valence-corrected chi connectivity index (χ3v) is 4.94. The van der Waals surface area contributed by atoms with E-state index in [1.54, 1.807) is 11.9 Å². The van der Waals surface area contributed by atoms with E-state index in [4.69, 9.17) is 14.2 Å². The fourth-order valence-electron chi connectivity index (χ4n) is 3.10. The molecule has 2 aliphatic heterocycles. The minimum atomic E-state index is -1.66. The molecule has 2 atom stereocenters. The fourth-order valence-corrected chi connectivity index (χ4v) is 3.10. The summed E-state index contributed by atoms with van der Waals surface area (Å²) in [5.41, 5.74) is 0. The highest BCUT2D eigenvalue weighted by Crippen LogP contribution is 2.06. The third kappa shape index (κ3) is 7.70. The number of hydrogen-bond donors (Lipinski definition) is 0. The highest BCUT2D eigenvalue weighted by Gasteiger charge is 2.27. The first-order valence-corrected chi connectivity index (χ1v) is 9.83. The standard InChI is InChI=1S/C18H32N4O6/c1-4-20-8-10-21(5-2)13-16(24)27-18-26-15(23)12-19(3)6-7-22(11-9-20)14-17(25)28-18/h18H,4-14H2,1-3H3. The van der Waals surface area contributed by atoms with Crippen molar-refractivity contribution in [1.82, 2.24) is 19.6 Å². The Balaban J connectivity index is 2.22. The Hall–Kier alpha value is -1.75. The predicted molar refractivity (Wildman–Crippen MR) is 100 cm³/mol. The van der Waals surface area contributed by atoms with Crippen LogP contribution in [0.15, 0.2) is 0 Å². The van der Waals surface area contributed by atoms with Gasteiger partial charge >= 0.3 is 24.4 Å². The van der Waals surface area contributed by atoms with E-state index in [2.05, 4.69) is 11.8 Å². The zero-order valence-corrected chi connectivity index (χ0v) is 17.1. The summed E-state index contributed by atoms with van der Waals surface area (Å²) in [6, 6.07) is 0. The van der Waals surface area contributed by atoms with Gasteiger partial charge in [-0.3, -0.25) is 29.1 Å². The molecule has 0 aromatic heterocycles. The molecule has 0 aromatic rings. The summed E-state index contributed by atoms with van der Waals surface area (Å²) in [4.78, 5) is 44.7. The van der Waals surface area contributed by atoms with E-state index >= 15 is 0 Å². The topological polar surface area (TPSA) is 91.9 Å². The van der Waals surface area contributed by atoms with Crippen LogP contribution in [0.2, 0.25) is 0 Å². The summed E-state index contributed by atoms with van der Waals surface area (Å²) in [5, 5.41) is 0. The molecule has 2 fully saturated rings. The SMILES string of the molecule is CCN1CCN(CC)CC(=O)OC2OC(=O)CN(C)CCN(CC1)CC(=O)O2. The van der Waals surface area contributed by atoms with Gasteiger partial charge in [-0.15, -0.1) is 0 Å². The molecule has 2 saturated heterocycles. The van der Waals surface area contributed by atoms with Crippen molar-refractivity contribution in [1.29, 1.82) is 0 Å². The van der Waals surface area contributed by atoms with Crippen LogP contribution in [0.3, 0.4) is 0 Å². The Labute approximate surface area is 166 Å². The maximum Gasteiger partial charge on any atom is 0.412 e. The average molecular weight is 400 g/mol. The van der Waals surface area contributed by atoms with E-state index in [1.165, 1.54) is 0 Å². The van der Waals surface area contributed by atoms with Gasteiger partial charge < -0.3 is 19.1 Å². The van der Waals surface area contributed by atoms with Crippen LogP contribution in [-0.4, -0.2) is 123 Å². The molecule has 2 heterocycles. The van der Waals surface area contributed by atoms with Gasteiger partial charge in [0.15, 0.2) is 0 Å². The zero-order chi connectivity index (χ0) is 20.5. The Morgan fingerprint density at radius 1 is 0.714 bits per heavy atom. The van der Waals surface area contributed by atoms with Crippen LogP contribution in [-0.2, 0) is 28.6 Å². The monoisotopic (exact) mass is 400 g/mol. The molecule has 0 spiro atoms. The van der Waals surface area contributed by atoms with Crippen LogP contribution in [0.5, 0.6) is 0 Å². The lowest BCUT2D eigenvalue weighted by Crippen LogP contribution is -2.45. The summed E-state index contributed by atoms with van der Waals surface area (Å²) in [6.07, 6.45) is 0. The lowest BCUT2D eigenvalue weighted by molar-refractivity contribution is -0.258. The van der Waals surface area contributed by atoms with Gasteiger partial charge in [-0.05, 0) is 20.1 Å². The molecule has 0 aromatic carbocycles.